The summed E-state index contributed by atoms with van der Waals surface area (Å²) in [4.78, 5) is 13.3. The molecule has 0 spiro atoms. The average molecular weight is 457 g/mol. The summed E-state index contributed by atoms with van der Waals surface area (Å²) < 4.78 is 33.3. The van der Waals surface area contributed by atoms with Crippen LogP contribution in [0.4, 0.5) is 11.4 Å². The number of sulfonamides is 1. The van der Waals surface area contributed by atoms with Crippen molar-refractivity contribution in [3.8, 4) is 5.75 Å². The zero-order valence-corrected chi connectivity index (χ0v) is 19.1. The summed E-state index contributed by atoms with van der Waals surface area (Å²) in [5.74, 6) is 0.101. The predicted octanol–water partition coefficient (Wildman–Crippen LogP) is 4.84. The summed E-state index contributed by atoms with van der Waals surface area (Å²) in [6.07, 6.45) is 1.96. The van der Waals surface area contributed by atoms with Crippen LogP contribution in [0.2, 0.25) is 0 Å². The van der Waals surface area contributed by atoms with Crippen LogP contribution in [0.15, 0.2) is 76.5 Å². The lowest BCUT2D eigenvalue weighted by molar-refractivity contribution is -0.118. The number of hydrogen-bond donors (Lipinski definition) is 2. The zero-order chi connectivity index (χ0) is 22.4. The van der Waals surface area contributed by atoms with Crippen molar-refractivity contribution in [2.24, 2.45) is 0 Å². The molecule has 162 valence electrons. The molecular formula is C23H24N2O4S2. The quantitative estimate of drug-likeness (QED) is 0.474. The lowest BCUT2D eigenvalue weighted by atomic mass is 10.1. The number of carbonyl (C=O) groups excluding carboxylic acids is 1. The Morgan fingerprint density at radius 2 is 1.68 bits per heavy atom. The van der Waals surface area contributed by atoms with Gasteiger partial charge in [0, 0.05) is 16.3 Å². The molecule has 0 radical (unpaired) electrons. The largest absolute Gasteiger partial charge is 0.484 e. The zero-order valence-electron chi connectivity index (χ0n) is 17.5. The summed E-state index contributed by atoms with van der Waals surface area (Å²) >= 11 is 1.59. The van der Waals surface area contributed by atoms with Gasteiger partial charge in [0.25, 0.3) is 15.9 Å². The van der Waals surface area contributed by atoms with E-state index in [1.807, 2.05) is 44.4 Å². The van der Waals surface area contributed by atoms with Crippen LogP contribution in [0, 0.1) is 13.8 Å². The van der Waals surface area contributed by atoms with Crippen LogP contribution in [0.25, 0.3) is 0 Å². The maximum atomic E-state index is 12.6. The molecular weight excluding hydrogens is 432 g/mol. The number of aryl methyl sites for hydroxylation is 2. The summed E-state index contributed by atoms with van der Waals surface area (Å²) in [5.41, 5.74) is 3.29. The number of carbonyl (C=O) groups is 1. The van der Waals surface area contributed by atoms with Crippen molar-refractivity contribution >= 4 is 39.1 Å². The second-order valence-electron chi connectivity index (χ2n) is 6.94. The van der Waals surface area contributed by atoms with Crippen LogP contribution in [0.5, 0.6) is 5.75 Å². The summed E-state index contributed by atoms with van der Waals surface area (Å²) in [7, 11) is -3.73. The van der Waals surface area contributed by atoms with Gasteiger partial charge in [-0.25, -0.2) is 8.42 Å². The fourth-order valence-electron chi connectivity index (χ4n) is 2.78. The molecule has 0 aliphatic rings. The second-order valence-corrected chi connectivity index (χ2v) is 9.51. The Labute approximate surface area is 187 Å². The molecule has 0 heterocycles. The Morgan fingerprint density at radius 1 is 0.935 bits per heavy atom. The van der Waals surface area contributed by atoms with Gasteiger partial charge >= 0.3 is 0 Å². The Morgan fingerprint density at radius 3 is 2.35 bits per heavy atom. The smallest absolute Gasteiger partial charge is 0.262 e. The van der Waals surface area contributed by atoms with E-state index >= 15 is 0 Å². The van der Waals surface area contributed by atoms with Gasteiger partial charge in [-0.1, -0.05) is 12.1 Å². The van der Waals surface area contributed by atoms with Gasteiger partial charge in [-0.3, -0.25) is 9.52 Å². The maximum absolute atomic E-state index is 12.6. The van der Waals surface area contributed by atoms with Gasteiger partial charge in [-0.2, -0.15) is 0 Å². The number of rotatable bonds is 8. The SMILES string of the molecule is CSc1cccc(NC(=O)COc2ccc(S(=O)(=O)Nc3ccc(C)c(C)c3)cc2)c1. The molecule has 31 heavy (non-hydrogen) atoms. The highest BCUT2D eigenvalue weighted by Gasteiger charge is 2.15. The van der Waals surface area contributed by atoms with Gasteiger partial charge in [-0.15, -0.1) is 11.8 Å². The Balaban J connectivity index is 1.58. The van der Waals surface area contributed by atoms with E-state index in [0.717, 1.165) is 16.0 Å². The molecule has 0 aliphatic heterocycles. The van der Waals surface area contributed by atoms with E-state index < -0.39 is 10.0 Å². The third-order valence-electron chi connectivity index (χ3n) is 4.62. The summed E-state index contributed by atoms with van der Waals surface area (Å²) in [6, 6.07) is 18.8. The number of hydrogen-bond acceptors (Lipinski definition) is 5. The first-order valence-corrected chi connectivity index (χ1v) is 12.2. The van der Waals surface area contributed by atoms with Gasteiger partial charge in [-0.05, 0) is 85.8 Å². The van der Waals surface area contributed by atoms with Crippen molar-refractivity contribution in [1.29, 1.82) is 0 Å². The van der Waals surface area contributed by atoms with E-state index in [0.29, 0.717) is 17.1 Å². The molecule has 8 heteroatoms. The lowest BCUT2D eigenvalue weighted by Gasteiger charge is -2.11. The minimum absolute atomic E-state index is 0.108. The van der Waals surface area contributed by atoms with Gasteiger partial charge in [0.2, 0.25) is 0 Å². The lowest BCUT2D eigenvalue weighted by Crippen LogP contribution is -2.20. The number of thioether (sulfide) groups is 1. The highest BCUT2D eigenvalue weighted by atomic mass is 32.2. The van der Waals surface area contributed by atoms with Crippen molar-refractivity contribution in [2.75, 3.05) is 22.9 Å². The average Bonchev–Trinajstić information content (AvgIpc) is 2.75. The van der Waals surface area contributed by atoms with E-state index in [-0.39, 0.29) is 17.4 Å². The van der Waals surface area contributed by atoms with Crippen LogP contribution in [-0.4, -0.2) is 27.2 Å². The van der Waals surface area contributed by atoms with Crippen LogP contribution < -0.4 is 14.8 Å². The van der Waals surface area contributed by atoms with E-state index in [1.54, 1.807) is 30.0 Å². The molecule has 2 N–H and O–H groups in total. The summed E-state index contributed by atoms with van der Waals surface area (Å²) in [5, 5.41) is 2.78. The van der Waals surface area contributed by atoms with Crippen molar-refractivity contribution < 1.29 is 17.9 Å². The van der Waals surface area contributed by atoms with Crippen molar-refractivity contribution in [3.05, 3.63) is 77.9 Å². The third-order valence-corrected chi connectivity index (χ3v) is 6.74. The Bertz CT molecular complexity index is 1180. The Hall–Kier alpha value is -2.97. The molecule has 0 aliphatic carbocycles. The van der Waals surface area contributed by atoms with E-state index in [9.17, 15) is 13.2 Å². The number of ether oxygens (including phenoxy) is 1. The molecule has 6 nitrogen and oxygen atoms in total. The van der Waals surface area contributed by atoms with Gasteiger partial charge in [0.15, 0.2) is 6.61 Å². The molecule has 0 saturated heterocycles. The van der Waals surface area contributed by atoms with E-state index in [4.69, 9.17) is 4.74 Å². The van der Waals surface area contributed by atoms with Gasteiger partial charge in [0.05, 0.1) is 4.90 Å². The van der Waals surface area contributed by atoms with E-state index in [1.165, 1.54) is 24.3 Å². The highest BCUT2D eigenvalue weighted by molar-refractivity contribution is 7.98. The molecule has 0 fully saturated rings. The molecule has 0 atom stereocenters. The molecule has 3 aromatic carbocycles. The van der Waals surface area contributed by atoms with Crippen LogP contribution in [0.3, 0.4) is 0 Å². The molecule has 3 aromatic rings. The van der Waals surface area contributed by atoms with E-state index in [2.05, 4.69) is 10.0 Å². The van der Waals surface area contributed by atoms with Crippen molar-refractivity contribution in [3.63, 3.8) is 0 Å². The molecule has 0 bridgehead atoms. The molecule has 3 rings (SSSR count). The minimum atomic E-state index is -3.73. The van der Waals surface area contributed by atoms with Crippen LogP contribution >= 0.6 is 11.8 Å². The summed E-state index contributed by atoms with van der Waals surface area (Å²) in [6.45, 7) is 3.71. The standard InChI is InChI=1S/C23H24N2O4S2/c1-16-7-8-19(13-17(16)2)25-31(27,28)22-11-9-20(10-12-22)29-15-23(26)24-18-5-4-6-21(14-18)30-3/h4-14,25H,15H2,1-3H3,(H,24,26). The number of nitrogens with one attached hydrogen (secondary N) is 2. The molecule has 0 saturated carbocycles. The number of anilines is 2. The van der Waals surface area contributed by atoms with Crippen molar-refractivity contribution in [1.82, 2.24) is 0 Å². The first-order valence-electron chi connectivity index (χ1n) is 9.54. The molecule has 0 aromatic heterocycles. The molecule has 0 unspecified atom stereocenters. The maximum Gasteiger partial charge on any atom is 0.262 e. The van der Waals surface area contributed by atoms with Crippen LogP contribution in [0.1, 0.15) is 11.1 Å². The van der Waals surface area contributed by atoms with Gasteiger partial charge in [0.1, 0.15) is 5.75 Å². The predicted molar refractivity (Wildman–Crippen MR) is 126 cm³/mol. The first-order chi connectivity index (χ1) is 14.8. The fraction of sp³-hybridized carbons (Fsp3) is 0.174. The monoisotopic (exact) mass is 456 g/mol. The molecule has 1 amide bonds. The second kappa shape index (κ2) is 9.89. The minimum Gasteiger partial charge on any atom is -0.484 e. The number of benzene rings is 3. The highest BCUT2D eigenvalue weighted by Crippen LogP contribution is 2.22. The Kier molecular flexibility index (Phi) is 7.25. The fourth-order valence-corrected chi connectivity index (χ4v) is 4.29. The first kappa shape index (κ1) is 22.7. The van der Waals surface area contributed by atoms with Gasteiger partial charge < -0.3 is 10.1 Å². The number of amides is 1. The third kappa shape index (κ3) is 6.26. The van der Waals surface area contributed by atoms with Crippen molar-refractivity contribution in [2.45, 2.75) is 23.6 Å². The topological polar surface area (TPSA) is 84.5 Å². The normalized spacial score (nSPS) is 11.1. The van der Waals surface area contributed by atoms with Crippen LogP contribution in [-0.2, 0) is 14.8 Å².